The molecule has 2 aromatic rings. The molecule has 0 spiro atoms. The van der Waals surface area contributed by atoms with Gasteiger partial charge in [0.1, 0.15) is 26.4 Å². The summed E-state index contributed by atoms with van der Waals surface area (Å²) in [5.41, 5.74) is 9.09. The van der Waals surface area contributed by atoms with Gasteiger partial charge in [0.15, 0.2) is 23.0 Å². The van der Waals surface area contributed by atoms with Crippen molar-refractivity contribution in [2.75, 3.05) is 39.5 Å². The number of rotatable bonds is 5. The summed E-state index contributed by atoms with van der Waals surface area (Å²) < 4.78 is 22.6. The molecular formula is C21H25N3O4. The molecule has 3 N–H and O–H groups in total. The van der Waals surface area contributed by atoms with Crippen LogP contribution < -0.4 is 35.1 Å². The van der Waals surface area contributed by atoms with Gasteiger partial charge in [-0.2, -0.15) is 0 Å². The molecule has 7 nitrogen and oxygen atoms in total. The van der Waals surface area contributed by atoms with Crippen LogP contribution in [0.4, 0.5) is 0 Å². The lowest BCUT2D eigenvalue weighted by molar-refractivity contribution is 0.171. The Kier molecular flexibility index (Phi) is 4.95. The number of ether oxygens (including phenoxy) is 4. The molecule has 0 saturated carbocycles. The summed E-state index contributed by atoms with van der Waals surface area (Å²) >= 11 is 0. The average molecular weight is 383 g/mol. The first-order valence-corrected chi connectivity index (χ1v) is 9.84. The molecule has 0 aromatic heterocycles. The maximum atomic E-state index is 5.73. The fraction of sp³-hybridized carbons (Fsp3) is 0.429. The number of nitrogens with one attached hydrogen (secondary N) is 3. The number of hydrogen-bond donors (Lipinski definition) is 3. The Labute approximate surface area is 164 Å². The van der Waals surface area contributed by atoms with Crippen LogP contribution in [0.2, 0.25) is 0 Å². The second kappa shape index (κ2) is 7.87. The zero-order chi connectivity index (χ0) is 18.8. The fourth-order valence-corrected chi connectivity index (χ4v) is 3.93. The topological polar surface area (TPSA) is 73.0 Å². The highest BCUT2D eigenvalue weighted by Crippen LogP contribution is 2.35. The highest BCUT2D eigenvalue weighted by atomic mass is 16.6. The van der Waals surface area contributed by atoms with Crippen molar-refractivity contribution in [1.82, 2.24) is 16.2 Å². The van der Waals surface area contributed by atoms with Crippen molar-refractivity contribution in [3.8, 4) is 23.0 Å². The molecule has 2 atom stereocenters. The van der Waals surface area contributed by atoms with E-state index in [1.54, 1.807) is 0 Å². The van der Waals surface area contributed by atoms with Gasteiger partial charge in [0, 0.05) is 25.6 Å². The molecule has 28 heavy (non-hydrogen) atoms. The van der Waals surface area contributed by atoms with Gasteiger partial charge in [-0.15, -0.1) is 0 Å². The molecule has 0 aliphatic carbocycles. The Morgan fingerprint density at radius 3 is 2.29 bits per heavy atom. The van der Waals surface area contributed by atoms with Crippen molar-refractivity contribution in [3.63, 3.8) is 0 Å². The molecule has 148 valence electrons. The smallest absolute Gasteiger partial charge is 0.161 e. The van der Waals surface area contributed by atoms with Gasteiger partial charge in [-0.05, 0) is 35.4 Å². The summed E-state index contributed by atoms with van der Waals surface area (Å²) in [4.78, 5) is 0. The first-order chi connectivity index (χ1) is 13.9. The van der Waals surface area contributed by atoms with E-state index in [-0.39, 0.29) is 6.04 Å². The molecule has 1 saturated heterocycles. The second-order valence-corrected chi connectivity index (χ2v) is 7.27. The number of fused-ring (bicyclic) bond motifs is 2. The van der Waals surface area contributed by atoms with E-state index in [0.29, 0.717) is 32.3 Å². The maximum Gasteiger partial charge on any atom is 0.161 e. The number of hydrogen-bond acceptors (Lipinski definition) is 7. The zero-order valence-electron chi connectivity index (χ0n) is 15.7. The first kappa shape index (κ1) is 17.6. The van der Waals surface area contributed by atoms with E-state index >= 15 is 0 Å². The summed E-state index contributed by atoms with van der Waals surface area (Å²) in [6, 6.07) is 12.6. The van der Waals surface area contributed by atoms with Crippen LogP contribution >= 0.6 is 0 Å². The molecule has 0 radical (unpaired) electrons. The maximum absolute atomic E-state index is 5.73. The lowest BCUT2D eigenvalue weighted by Crippen LogP contribution is -2.29. The predicted molar refractivity (Wildman–Crippen MR) is 104 cm³/mol. The molecule has 7 heteroatoms. The van der Waals surface area contributed by atoms with E-state index in [2.05, 4.69) is 40.4 Å². The van der Waals surface area contributed by atoms with Crippen LogP contribution in [0.5, 0.6) is 23.0 Å². The van der Waals surface area contributed by atoms with E-state index in [9.17, 15) is 0 Å². The van der Waals surface area contributed by atoms with Crippen LogP contribution in [0.3, 0.4) is 0 Å². The van der Waals surface area contributed by atoms with Crippen LogP contribution in [0.1, 0.15) is 17.2 Å². The lowest BCUT2D eigenvalue weighted by Gasteiger charge is -2.23. The highest BCUT2D eigenvalue weighted by Gasteiger charge is 2.29. The van der Waals surface area contributed by atoms with E-state index in [1.807, 2.05) is 12.1 Å². The minimum atomic E-state index is 0.226. The third-order valence-corrected chi connectivity index (χ3v) is 5.36. The minimum absolute atomic E-state index is 0.226. The van der Waals surface area contributed by atoms with Gasteiger partial charge < -0.3 is 24.3 Å². The first-order valence-electron chi connectivity index (χ1n) is 9.84. The summed E-state index contributed by atoms with van der Waals surface area (Å²) in [5, 5.41) is 3.58. The van der Waals surface area contributed by atoms with Crippen LogP contribution in [0.25, 0.3) is 0 Å². The molecule has 1 fully saturated rings. The molecule has 3 heterocycles. The molecule has 0 amide bonds. The van der Waals surface area contributed by atoms with Crippen LogP contribution in [-0.2, 0) is 6.54 Å². The normalized spacial score (nSPS) is 22.9. The van der Waals surface area contributed by atoms with Gasteiger partial charge in [-0.1, -0.05) is 12.1 Å². The third kappa shape index (κ3) is 3.61. The van der Waals surface area contributed by atoms with Gasteiger partial charge in [0.05, 0.1) is 6.04 Å². The molecule has 2 aromatic carbocycles. The molecule has 0 bridgehead atoms. The summed E-state index contributed by atoms with van der Waals surface area (Å²) in [6.45, 7) is 5.05. The van der Waals surface area contributed by atoms with Crippen LogP contribution in [-0.4, -0.2) is 39.5 Å². The SMILES string of the molecule is c1cc2c(cc1CNCC1CNNC1c1ccc3c(c1)OCCO3)OCCO2. The van der Waals surface area contributed by atoms with Crippen molar-refractivity contribution in [1.29, 1.82) is 0 Å². The van der Waals surface area contributed by atoms with Crippen molar-refractivity contribution in [2.45, 2.75) is 12.6 Å². The van der Waals surface area contributed by atoms with E-state index < -0.39 is 0 Å². The standard InChI is InChI=1S/C21H25N3O4/c1-3-17-19(27-7-5-25-17)9-14(1)11-22-12-16-13-23-24-21(16)15-2-4-18-20(10-15)28-8-6-26-18/h1-4,9-10,16,21-24H,5-8,11-13H2. The Hall–Kier alpha value is -2.48. The fourth-order valence-electron chi connectivity index (χ4n) is 3.93. The predicted octanol–water partition coefficient (Wildman–Crippen LogP) is 1.78. The molecule has 3 aliphatic rings. The van der Waals surface area contributed by atoms with Gasteiger partial charge in [-0.25, -0.2) is 5.43 Å². The van der Waals surface area contributed by atoms with Crippen LogP contribution in [0, 0.1) is 5.92 Å². The largest absolute Gasteiger partial charge is 0.486 e. The monoisotopic (exact) mass is 383 g/mol. The van der Waals surface area contributed by atoms with E-state index in [4.69, 9.17) is 18.9 Å². The molecular weight excluding hydrogens is 358 g/mol. The van der Waals surface area contributed by atoms with Crippen molar-refractivity contribution in [3.05, 3.63) is 47.5 Å². The Bertz CT molecular complexity index is 844. The van der Waals surface area contributed by atoms with Gasteiger partial charge in [0.25, 0.3) is 0 Å². The van der Waals surface area contributed by atoms with E-state index in [0.717, 1.165) is 42.6 Å². The van der Waals surface area contributed by atoms with Gasteiger partial charge >= 0.3 is 0 Å². The Balaban J connectivity index is 1.21. The van der Waals surface area contributed by atoms with Crippen molar-refractivity contribution in [2.24, 2.45) is 5.92 Å². The molecule has 2 unspecified atom stereocenters. The van der Waals surface area contributed by atoms with Crippen molar-refractivity contribution < 1.29 is 18.9 Å². The number of benzene rings is 2. The quantitative estimate of drug-likeness (QED) is 0.727. The zero-order valence-corrected chi connectivity index (χ0v) is 15.7. The van der Waals surface area contributed by atoms with Gasteiger partial charge in [-0.3, -0.25) is 5.43 Å². The summed E-state index contributed by atoms with van der Waals surface area (Å²) in [6.07, 6.45) is 0. The molecule has 3 aliphatic heterocycles. The van der Waals surface area contributed by atoms with Crippen molar-refractivity contribution >= 4 is 0 Å². The second-order valence-electron chi connectivity index (χ2n) is 7.27. The van der Waals surface area contributed by atoms with Crippen LogP contribution in [0.15, 0.2) is 36.4 Å². The average Bonchev–Trinajstić information content (AvgIpc) is 3.22. The van der Waals surface area contributed by atoms with E-state index in [1.165, 1.54) is 11.1 Å². The number of hydrazine groups is 1. The Morgan fingerprint density at radius 2 is 1.50 bits per heavy atom. The Morgan fingerprint density at radius 1 is 0.821 bits per heavy atom. The minimum Gasteiger partial charge on any atom is -0.486 e. The third-order valence-electron chi connectivity index (χ3n) is 5.36. The lowest BCUT2D eigenvalue weighted by atomic mass is 9.94. The highest BCUT2D eigenvalue weighted by molar-refractivity contribution is 5.45. The van der Waals surface area contributed by atoms with Gasteiger partial charge in [0.2, 0.25) is 0 Å². The summed E-state index contributed by atoms with van der Waals surface area (Å²) in [7, 11) is 0. The summed E-state index contributed by atoms with van der Waals surface area (Å²) in [5.74, 6) is 3.76. The molecule has 5 rings (SSSR count).